The number of carbonyl (C=O) groups excluding carboxylic acids is 1. The first-order valence-electron chi connectivity index (χ1n) is 11.5. The number of H-pyrrole nitrogens is 2. The van der Waals surface area contributed by atoms with Gasteiger partial charge in [-0.2, -0.15) is 0 Å². The number of hydrogen-bond acceptors (Lipinski definition) is 9. The maximum Gasteiger partial charge on any atom is 0.303 e. The Kier molecular flexibility index (Phi) is 5.89. The number of rotatable bonds is 5. The van der Waals surface area contributed by atoms with Crippen molar-refractivity contribution in [1.29, 1.82) is 0 Å². The van der Waals surface area contributed by atoms with Crippen molar-refractivity contribution >= 4 is 22.9 Å². The average Bonchev–Trinajstić information content (AvgIpc) is 3.51. The number of ether oxygens (including phenoxy) is 1. The second-order valence-corrected chi connectivity index (χ2v) is 9.50. The lowest BCUT2D eigenvalue weighted by Gasteiger charge is -2.27. The SMILES string of the molecule is C[C@@H](NC(=O)c1cc(N2CCOCC2)ncn1)c1cc(-c2[nH]c3cnc(C(C)(C)C)nc3[nH+]2)no1. The second kappa shape index (κ2) is 9.02. The van der Waals surface area contributed by atoms with Crippen molar-refractivity contribution in [3.63, 3.8) is 0 Å². The van der Waals surface area contributed by atoms with E-state index in [-0.39, 0.29) is 17.0 Å². The monoisotopic (exact) mass is 478 g/mol. The van der Waals surface area contributed by atoms with Gasteiger partial charge in [-0.25, -0.2) is 19.9 Å². The van der Waals surface area contributed by atoms with Crippen LogP contribution in [-0.4, -0.2) is 62.3 Å². The van der Waals surface area contributed by atoms with Gasteiger partial charge in [0.05, 0.1) is 25.5 Å². The Hall–Kier alpha value is -3.93. The van der Waals surface area contributed by atoms with Gasteiger partial charge in [0.2, 0.25) is 5.82 Å². The van der Waals surface area contributed by atoms with E-state index in [0.717, 1.165) is 24.4 Å². The van der Waals surface area contributed by atoms with Gasteiger partial charge < -0.3 is 19.5 Å². The molecule has 3 N–H and O–H groups in total. The van der Waals surface area contributed by atoms with E-state index in [9.17, 15) is 4.79 Å². The van der Waals surface area contributed by atoms with Crippen LogP contribution in [0, 0.1) is 0 Å². The van der Waals surface area contributed by atoms with Crippen molar-refractivity contribution in [3.05, 3.63) is 41.9 Å². The molecule has 0 bridgehead atoms. The van der Waals surface area contributed by atoms with Gasteiger partial charge in [-0.3, -0.25) is 9.78 Å². The van der Waals surface area contributed by atoms with Crippen LogP contribution in [0.15, 0.2) is 29.2 Å². The van der Waals surface area contributed by atoms with Crippen molar-refractivity contribution in [1.82, 2.24) is 35.4 Å². The molecule has 1 atom stereocenters. The lowest BCUT2D eigenvalue weighted by molar-refractivity contribution is -0.334. The summed E-state index contributed by atoms with van der Waals surface area (Å²) < 4.78 is 10.9. The molecule has 35 heavy (non-hydrogen) atoms. The molecular formula is C23H28N9O3+. The molecule has 4 aromatic heterocycles. The number of aromatic nitrogens is 7. The van der Waals surface area contributed by atoms with E-state index in [1.54, 1.807) is 18.3 Å². The summed E-state index contributed by atoms with van der Waals surface area (Å²) in [5.41, 5.74) is 2.13. The Bertz CT molecular complexity index is 1350. The summed E-state index contributed by atoms with van der Waals surface area (Å²) in [6.07, 6.45) is 3.15. The number of imidazole rings is 1. The fraction of sp³-hybridized carbons (Fsp3) is 0.435. The van der Waals surface area contributed by atoms with E-state index in [4.69, 9.17) is 9.26 Å². The number of hydrogen-bond donors (Lipinski definition) is 2. The highest BCUT2D eigenvalue weighted by Crippen LogP contribution is 2.23. The largest absolute Gasteiger partial charge is 0.378 e. The zero-order valence-corrected chi connectivity index (χ0v) is 20.1. The highest BCUT2D eigenvalue weighted by atomic mass is 16.5. The molecule has 0 aromatic carbocycles. The third kappa shape index (κ3) is 4.83. The maximum absolute atomic E-state index is 12.8. The van der Waals surface area contributed by atoms with Crippen molar-refractivity contribution in [2.24, 2.45) is 0 Å². The molecule has 182 valence electrons. The summed E-state index contributed by atoms with van der Waals surface area (Å²) in [6, 6.07) is 3.02. The fourth-order valence-corrected chi connectivity index (χ4v) is 3.73. The van der Waals surface area contributed by atoms with Gasteiger partial charge in [-0.1, -0.05) is 30.9 Å². The van der Waals surface area contributed by atoms with Gasteiger partial charge in [0, 0.05) is 30.6 Å². The average molecular weight is 479 g/mol. The number of aromatic amines is 2. The first kappa shape index (κ1) is 22.8. The molecule has 1 saturated heterocycles. The Morgan fingerprint density at radius 1 is 1.20 bits per heavy atom. The molecule has 5 rings (SSSR count). The highest BCUT2D eigenvalue weighted by molar-refractivity contribution is 5.93. The first-order chi connectivity index (χ1) is 16.8. The summed E-state index contributed by atoms with van der Waals surface area (Å²) in [5.74, 6) is 2.26. The molecule has 1 aliphatic heterocycles. The first-order valence-corrected chi connectivity index (χ1v) is 11.5. The molecule has 12 nitrogen and oxygen atoms in total. The van der Waals surface area contributed by atoms with Crippen molar-refractivity contribution < 1.29 is 19.0 Å². The van der Waals surface area contributed by atoms with Gasteiger partial charge >= 0.3 is 5.65 Å². The smallest absolute Gasteiger partial charge is 0.303 e. The van der Waals surface area contributed by atoms with Crippen LogP contribution >= 0.6 is 0 Å². The zero-order valence-electron chi connectivity index (χ0n) is 20.1. The van der Waals surface area contributed by atoms with E-state index in [2.05, 4.69) is 66.0 Å². The normalized spacial score (nSPS) is 15.4. The van der Waals surface area contributed by atoms with Gasteiger partial charge in [-0.05, 0) is 6.92 Å². The predicted molar refractivity (Wildman–Crippen MR) is 126 cm³/mol. The van der Waals surface area contributed by atoms with Gasteiger partial charge in [-0.15, -0.1) is 0 Å². The minimum Gasteiger partial charge on any atom is -0.378 e. The van der Waals surface area contributed by atoms with Gasteiger partial charge in [0.15, 0.2) is 17.0 Å². The van der Waals surface area contributed by atoms with Gasteiger partial charge in [0.1, 0.15) is 17.8 Å². The molecule has 0 saturated carbocycles. The number of anilines is 1. The zero-order chi connectivity index (χ0) is 24.6. The third-order valence-electron chi connectivity index (χ3n) is 5.74. The van der Waals surface area contributed by atoms with E-state index < -0.39 is 6.04 Å². The fourth-order valence-electron chi connectivity index (χ4n) is 3.73. The summed E-state index contributed by atoms with van der Waals surface area (Å²) in [4.78, 5) is 38.8. The Morgan fingerprint density at radius 2 is 2.00 bits per heavy atom. The van der Waals surface area contributed by atoms with Gasteiger partial charge in [0.25, 0.3) is 11.7 Å². The lowest BCUT2D eigenvalue weighted by Crippen LogP contribution is -2.37. The highest BCUT2D eigenvalue weighted by Gasteiger charge is 2.25. The summed E-state index contributed by atoms with van der Waals surface area (Å²) in [6.45, 7) is 10.7. The molecule has 1 aliphatic rings. The Morgan fingerprint density at radius 3 is 2.77 bits per heavy atom. The molecule has 1 amide bonds. The maximum atomic E-state index is 12.8. The number of morpholine rings is 1. The molecule has 4 aromatic rings. The van der Waals surface area contributed by atoms with Crippen LogP contribution in [0.3, 0.4) is 0 Å². The van der Waals surface area contributed by atoms with Crippen LogP contribution in [-0.2, 0) is 10.2 Å². The van der Waals surface area contributed by atoms with Crippen LogP contribution in [0.1, 0.15) is 55.8 Å². The number of nitrogens with zero attached hydrogens (tertiary/aromatic N) is 6. The van der Waals surface area contributed by atoms with Crippen LogP contribution < -0.4 is 15.2 Å². The summed E-state index contributed by atoms with van der Waals surface area (Å²) >= 11 is 0. The van der Waals surface area contributed by atoms with Crippen LogP contribution in [0.2, 0.25) is 0 Å². The van der Waals surface area contributed by atoms with Crippen molar-refractivity contribution in [3.8, 4) is 11.5 Å². The minimum absolute atomic E-state index is 0.166. The topological polar surface area (TPSA) is 149 Å². The number of amides is 1. The van der Waals surface area contributed by atoms with Crippen molar-refractivity contribution in [2.75, 3.05) is 31.2 Å². The molecule has 5 heterocycles. The molecule has 0 aliphatic carbocycles. The minimum atomic E-state index is -0.429. The molecule has 12 heteroatoms. The molecule has 0 unspecified atom stereocenters. The van der Waals surface area contributed by atoms with Crippen LogP contribution in [0.5, 0.6) is 0 Å². The van der Waals surface area contributed by atoms with E-state index in [0.29, 0.717) is 42.0 Å². The van der Waals surface area contributed by atoms with E-state index >= 15 is 0 Å². The molecular weight excluding hydrogens is 450 g/mol. The Labute approximate surface area is 201 Å². The standard InChI is InChI=1S/C23H27N9O3/c1-13(27-21(33)15-10-18(26-12-25-15)32-5-7-34-8-6-32)17-9-14(31-35-17)19-28-16-11-24-22(23(2,3)4)30-20(16)29-19/h9-13H,5-8H2,1-4H3,(H,27,33)(H,24,28,29,30)/p+1/t13-/m1/s1. The van der Waals surface area contributed by atoms with Crippen LogP contribution in [0.25, 0.3) is 22.7 Å². The number of carbonyl (C=O) groups is 1. The van der Waals surface area contributed by atoms with E-state index in [1.165, 1.54) is 6.33 Å². The number of fused-ring (bicyclic) bond motifs is 1. The third-order valence-corrected chi connectivity index (χ3v) is 5.74. The molecule has 1 fully saturated rings. The second-order valence-electron chi connectivity index (χ2n) is 9.50. The van der Waals surface area contributed by atoms with E-state index in [1.807, 2.05) is 6.92 Å². The summed E-state index contributed by atoms with van der Waals surface area (Å²) in [5, 5.41) is 7.06. The predicted octanol–water partition coefficient (Wildman–Crippen LogP) is 1.84. The quantitative estimate of drug-likeness (QED) is 0.438. The Balaban J connectivity index is 1.29. The molecule has 0 radical (unpaired) electrons. The van der Waals surface area contributed by atoms with Crippen LogP contribution in [0.4, 0.5) is 5.82 Å². The lowest BCUT2D eigenvalue weighted by atomic mass is 9.96. The number of nitrogens with one attached hydrogen (secondary N) is 3. The molecule has 0 spiro atoms. The summed E-state index contributed by atoms with van der Waals surface area (Å²) in [7, 11) is 0. The van der Waals surface area contributed by atoms with Crippen molar-refractivity contribution in [2.45, 2.75) is 39.2 Å².